The number of halogens is 1. The molecule has 15 heavy (non-hydrogen) atoms. The van der Waals surface area contributed by atoms with Crippen LogP contribution in [0.15, 0.2) is 36.5 Å². The second kappa shape index (κ2) is 4.95. The molecule has 0 amide bonds. The SMILES string of the molecule is Br.NCc1cn(O)nc1-c1ccccc1. The fourth-order valence-electron chi connectivity index (χ4n) is 1.38. The molecule has 0 radical (unpaired) electrons. The Morgan fingerprint density at radius 1 is 1.27 bits per heavy atom. The van der Waals surface area contributed by atoms with E-state index in [9.17, 15) is 5.21 Å². The minimum Gasteiger partial charge on any atom is -0.412 e. The van der Waals surface area contributed by atoms with Crippen molar-refractivity contribution in [2.24, 2.45) is 5.73 Å². The monoisotopic (exact) mass is 269 g/mol. The van der Waals surface area contributed by atoms with Gasteiger partial charge in [-0.15, -0.1) is 26.9 Å². The Hall–Kier alpha value is -1.33. The number of rotatable bonds is 2. The van der Waals surface area contributed by atoms with E-state index in [0.717, 1.165) is 21.7 Å². The average molecular weight is 270 g/mol. The van der Waals surface area contributed by atoms with E-state index in [1.54, 1.807) is 0 Å². The van der Waals surface area contributed by atoms with Crippen molar-refractivity contribution in [3.8, 4) is 11.3 Å². The van der Waals surface area contributed by atoms with Crippen LogP contribution >= 0.6 is 17.0 Å². The van der Waals surface area contributed by atoms with Crippen molar-refractivity contribution in [2.45, 2.75) is 6.54 Å². The number of hydrogen-bond donors (Lipinski definition) is 2. The lowest BCUT2D eigenvalue weighted by Crippen LogP contribution is -1.96. The highest BCUT2D eigenvalue weighted by atomic mass is 79.9. The topological polar surface area (TPSA) is 64.1 Å². The Labute approximate surface area is 98.1 Å². The Balaban J connectivity index is 0.00000112. The molecule has 1 aromatic carbocycles. The predicted molar refractivity (Wildman–Crippen MR) is 63.1 cm³/mol. The summed E-state index contributed by atoms with van der Waals surface area (Å²) in [6, 6.07) is 9.64. The fraction of sp³-hybridized carbons (Fsp3) is 0.100. The molecule has 0 spiro atoms. The minimum atomic E-state index is 0. The molecule has 0 saturated heterocycles. The number of aromatic nitrogens is 2. The quantitative estimate of drug-likeness (QED) is 0.818. The van der Waals surface area contributed by atoms with Crippen molar-refractivity contribution in [3.63, 3.8) is 0 Å². The van der Waals surface area contributed by atoms with Crippen LogP contribution in [0.1, 0.15) is 5.56 Å². The highest BCUT2D eigenvalue weighted by molar-refractivity contribution is 8.93. The Kier molecular flexibility index (Phi) is 3.88. The van der Waals surface area contributed by atoms with Crippen molar-refractivity contribution in [2.75, 3.05) is 0 Å². The summed E-state index contributed by atoms with van der Waals surface area (Å²) in [4.78, 5) is 0.796. The van der Waals surface area contributed by atoms with Crippen LogP contribution in [0.5, 0.6) is 0 Å². The molecule has 80 valence electrons. The van der Waals surface area contributed by atoms with Crippen LogP contribution in [0.2, 0.25) is 0 Å². The van der Waals surface area contributed by atoms with E-state index >= 15 is 0 Å². The van der Waals surface area contributed by atoms with Crippen molar-refractivity contribution < 1.29 is 5.21 Å². The van der Waals surface area contributed by atoms with Gasteiger partial charge in [-0.1, -0.05) is 30.3 Å². The summed E-state index contributed by atoms with van der Waals surface area (Å²) in [6.07, 6.45) is 1.52. The van der Waals surface area contributed by atoms with Crippen LogP contribution in [0, 0.1) is 0 Å². The fourth-order valence-corrected chi connectivity index (χ4v) is 1.38. The molecular weight excluding hydrogens is 258 g/mol. The number of benzene rings is 1. The van der Waals surface area contributed by atoms with Gasteiger partial charge < -0.3 is 10.9 Å². The molecule has 2 aromatic rings. The van der Waals surface area contributed by atoms with Gasteiger partial charge in [0.05, 0.1) is 6.20 Å². The predicted octanol–water partition coefficient (Wildman–Crippen LogP) is 1.82. The molecule has 0 aliphatic rings. The van der Waals surface area contributed by atoms with Crippen LogP contribution in [0.3, 0.4) is 0 Å². The molecule has 0 fully saturated rings. The van der Waals surface area contributed by atoms with Crippen LogP contribution in [0.4, 0.5) is 0 Å². The molecule has 2 rings (SSSR count). The molecule has 1 aromatic heterocycles. The third-order valence-electron chi connectivity index (χ3n) is 2.05. The van der Waals surface area contributed by atoms with Gasteiger partial charge in [-0.3, -0.25) is 0 Å². The van der Waals surface area contributed by atoms with Gasteiger partial charge >= 0.3 is 0 Å². The van der Waals surface area contributed by atoms with Gasteiger partial charge in [0.25, 0.3) is 0 Å². The van der Waals surface area contributed by atoms with Crippen LogP contribution < -0.4 is 5.73 Å². The van der Waals surface area contributed by atoms with Crippen molar-refractivity contribution in [1.29, 1.82) is 0 Å². The first-order chi connectivity index (χ1) is 6.81. The molecule has 1 heterocycles. The zero-order valence-corrected chi connectivity index (χ0v) is 9.71. The Morgan fingerprint density at radius 3 is 2.53 bits per heavy atom. The minimum absolute atomic E-state index is 0. The average Bonchev–Trinajstić information content (AvgIpc) is 2.61. The largest absolute Gasteiger partial charge is 0.412 e. The van der Waals surface area contributed by atoms with Gasteiger partial charge in [-0.2, -0.15) is 0 Å². The number of nitrogens with zero attached hydrogens (tertiary/aromatic N) is 2. The second-order valence-electron chi connectivity index (χ2n) is 2.99. The van der Waals surface area contributed by atoms with Gasteiger partial charge in [-0.05, 0) is 0 Å². The van der Waals surface area contributed by atoms with E-state index in [1.165, 1.54) is 6.20 Å². The van der Waals surface area contributed by atoms with Crippen molar-refractivity contribution in [3.05, 3.63) is 42.1 Å². The zero-order valence-electron chi connectivity index (χ0n) is 8.00. The summed E-state index contributed by atoms with van der Waals surface area (Å²) >= 11 is 0. The first kappa shape index (κ1) is 11.7. The molecule has 0 aliphatic carbocycles. The Bertz CT molecular complexity index is 427. The van der Waals surface area contributed by atoms with Gasteiger partial charge in [-0.25, -0.2) is 0 Å². The summed E-state index contributed by atoms with van der Waals surface area (Å²) in [7, 11) is 0. The molecule has 3 N–H and O–H groups in total. The van der Waals surface area contributed by atoms with Gasteiger partial charge in [0.2, 0.25) is 0 Å². The molecular formula is C10H12BrN3O. The van der Waals surface area contributed by atoms with Gasteiger partial charge in [0, 0.05) is 17.7 Å². The highest BCUT2D eigenvalue weighted by Gasteiger charge is 2.08. The third-order valence-corrected chi connectivity index (χ3v) is 2.05. The standard InChI is InChI=1S/C10H11N3O.BrH/c11-6-9-7-13(14)12-10(9)8-4-2-1-3-5-8;/h1-5,7,14H,6,11H2;1H. The van der Waals surface area contributed by atoms with E-state index in [2.05, 4.69) is 5.10 Å². The maximum absolute atomic E-state index is 9.18. The molecule has 5 heteroatoms. The summed E-state index contributed by atoms with van der Waals surface area (Å²) < 4.78 is 0. The lowest BCUT2D eigenvalue weighted by atomic mass is 10.1. The van der Waals surface area contributed by atoms with Crippen molar-refractivity contribution in [1.82, 2.24) is 9.94 Å². The van der Waals surface area contributed by atoms with Gasteiger partial charge in [0.15, 0.2) is 0 Å². The molecule has 4 nitrogen and oxygen atoms in total. The van der Waals surface area contributed by atoms with E-state index < -0.39 is 0 Å². The molecule has 0 unspecified atom stereocenters. The van der Waals surface area contributed by atoms with Crippen LogP contribution in [0.25, 0.3) is 11.3 Å². The summed E-state index contributed by atoms with van der Waals surface area (Å²) in [6.45, 7) is 0.366. The molecule has 0 atom stereocenters. The van der Waals surface area contributed by atoms with Crippen LogP contribution in [-0.4, -0.2) is 15.2 Å². The van der Waals surface area contributed by atoms with Gasteiger partial charge in [0.1, 0.15) is 5.69 Å². The molecule has 0 bridgehead atoms. The molecule has 0 saturated carbocycles. The lowest BCUT2D eigenvalue weighted by molar-refractivity contribution is 0.149. The summed E-state index contributed by atoms with van der Waals surface area (Å²) in [5.74, 6) is 0. The van der Waals surface area contributed by atoms with E-state index in [0.29, 0.717) is 6.54 Å². The smallest absolute Gasteiger partial charge is 0.100 e. The van der Waals surface area contributed by atoms with Crippen molar-refractivity contribution >= 4 is 17.0 Å². The normalized spacial score (nSPS) is 9.67. The summed E-state index contributed by atoms with van der Waals surface area (Å²) in [5.41, 5.74) is 8.06. The first-order valence-corrected chi connectivity index (χ1v) is 4.34. The first-order valence-electron chi connectivity index (χ1n) is 4.34. The summed E-state index contributed by atoms with van der Waals surface area (Å²) in [5, 5.41) is 13.1. The van der Waals surface area contributed by atoms with E-state index in [-0.39, 0.29) is 17.0 Å². The second-order valence-corrected chi connectivity index (χ2v) is 2.99. The lowest BCUT2D eigenvalue weighted by Gasteiger charge is -1.97. The maximum atomic E-state index is 9.18. The number of nitrogens with two attached hydrogens (primary N) is 1. The zero-order chi connectivity index (χ0) is 9.97. The van der Waals surface area contributed by atoms with Crippen LogP contribution in [-0.2, 0) is 6.54 Å². The highest BCUT2D eigenvalue weighted by Crippen LogP contribution is 2.20. The third kappa shape index (κ3) is 2.37. The van der Waals surface area contributed by atoms with E-state index in [1.807, 2.05) is 30.3 Å². The van der Waals surface area contributed by atoms with E-state index in [4.69, 9.17) is 5.73 Å². The Morgan fingerprint density at radius 2 is 1.93 bits per heavy atom. The number of hydrogen-bond acceptors (Lipinski definition) is 3. The molecule has 0 aliphatic heterocycles. The maximum Gasteiger partial charge on any atom is 0.100 e.